The van der Waals surface area contributed by atoms with E-state index in [4.69, 9.17) is 5.26 Å². The van der Waals surface area contributed by atoms with E-state index in [0.717, 1.165) is 12.3 Å². The van der Waals surface area contributed by atoms with Crippen LogP contribution in [0.5, 0.6) is 0 Å². The summed E-state index contributed by atoms with van der Waals surface area (Å²) in [5.74, 6) is 0. The van der Waals surface area contributed by atoms with Gasteiger partial charge in [-0.3, -0.25) is 9.36 Å². The van der Waals surface area contributed by atoms with E-state index in [1.807, 2.05) is 0 Å². The van der Waals surface area contributed by atoms with Gasteiger partial charge >= 0.3 is 6.55 Å². The van der Waals surface area contributed by atoms with E-state index in [1.165, 1.54) is 0 Å². The van der Waals surface area contributed by atoms with Crippen molar-refractivity contribution in [2.75, 3.05) is 0 Å². The molecule has 0 saturated heterocycles. The van der Waals surface area contributed by atoms with Gasteiger partial charge in [0, 0.05) is 11.8 Å². The van der Waals surface area contributed by atoms with Crippen molar-refractivity contribution < 1.29 is 13.6 Å². The molecule has 0 saturated carbocycles. The lowest BCUT2D eigenvalue weighted by atomic mass is 10.3. The first-order valence-corrected chi connectivity index (χ1v) is 3.04. The summed E-state index contributed by atoms with van der Waals surface area (Å²) < 4.78 is 24.6. The van der Waals surface area contributed by atoms with Gasteiger partial charge in [-0.05, 0) is 6.07 Å². The topological polar surface area (TPSA) is 45.8 Å². The smallest absolute Gasteiger partial charge is 0.298 e. The molecule has 1 heterocycles. The molecule has 0 aliphatic carbocycles. The summed E-state index contributed by atoms with van der Waals surface area (Å²) in [4.78, 5) is 10.1. The molecule has 5 heteroatoms. The van der Waals surface area contributed by atoms with E-state index in [2.05, 4.69) is 0 Å². The Bertz CT molecular complexity index is 338. The Labute approximate surface area is 66.8 Å². The highest BCUT2D eigenvalue weighted by molar-refractivity contribution is 5.75. The van der Waals surface area contributed by atoms with Crippen molar-refractivity contribution in [1.29, 1.82) is 5.26 Å². The van der Waals surface area contributed by atoms with Gasteiger partial charge in [0.2, 0.25) is 0 Å². The van der Waals surface area contributed by atoms with Gasteiger partial charge in [-0.2, -0.15) is 14.0 Å². The monoisotopic (exact) mass is 170 g/mol. The minimum absolute atomic E-state index is 0.0758. The molecule has 0 N–H and O–H groups in total. The fourth-order valence-electron chi connectivity index (χ4n) is 0.816. The van der Waals surface area contributed by atoms with Crippen LogP contribution in [0.3, 0.4) is 0 Å². The SMILES string of the molecule is N#Cc1cc(C=O)cn1C(F)F. The van der Waals surface area contributed by atoms with Gasteiger partial charge in [-0.15, -0.1) is 0 Å². The van der Waals surface area contributed by atoms with E-state index < -0.39 is 6.55 Å². The number of carbonyl (C=O) groups excluding carboxylic acids is 1. The number of aldehydes is 1. The zero-order chi connectivity index (χ0) is 9.14. The summed E-state index contributed by atoms with van der Waals surface area (Å²) in [5, 5.41) is 8.36. The average molecular weight is 170 g/mol. The lowest BCUT2D eigenvalue weighted by molar-refractivity contribution is 0.0697. The molecule has 0 aliphatic heterocycles. The highest BCUT2D eigenvalue weighted by atomic mass is 19.3. The summed E-state index contributed by atoms with van der Waals surface area (Å²) >= 11 is 0. The average Bonchev–Trinajstić information content (AvgIpc) is 2.47. The Hall–Kier alpha value is -1.70. The molecule has 0 fully saturated rings. The van der Waals surface area contributed by atoms with Crippen LogP contribution in [0.25, 0.3) is 0 Å². The van der Waals surface area contributed by atoms with Crippen molar-refractivity contribution in [3.05, 3.63) is 23.5 Å². The molecule has 0 aliphatic rings. The highest BCUT2D eigenvalue weighted by Crippen LogP contribution is 2.15. The van der Waals surface area contributed by atoms with E-state index in [9.17, 15) is 13.6 Å². The predicted octanol–water partition coefficient (Wildman–Crippen LogP) is 1.57. The van der Waals surface area contributed by atoms with Crippen molar-refractivity contribution in [1.82, 2.24) is 4.57 Å². The van der Waals surface area contributed by atoms with Gasteiger partial charge in [0.15, 0.2) is 6.29 Å². The molecule has 0 radical (unpaired) electrons. The second kappa shape index (κ2) is 3.13. The normalized spacial score (nSPS) is 9.83. The highest BCUT2D eigenvalue weighted by Gasteiger charge is 2.11. The summed E-state index contributed by atoms with van der Waals surface area (Å²) in [6.45, 7) is -2.78. The zero-order valence-corrected chi connectivity index (χ0v) is 5.87. The molecule has 3 nitrogen and oxygen atoms in total. The predicted molar refractivity (Wildman–Crippen MR) is 35.8 cm³/mol. The molecular formula is C7H4F2N2O. The number of rotatable bonds is 2. The molecule has 1 rings (SSSR count). The van der Waals surface area contributed by atoms with Crippen molar-refractivity contribution in [2.45, 2.75) is 6.55 Å². The molecule has 1 aromatic heterocycles. The maximum absolute atomic E-state index is 12.1. The van der Waals surface area contributed by atoms with Crippen LogP contribution in [0.2, 0.25) is 0 Å². The molecule has 0 aromatic carbocycles. The third-order valence-corrected chi connectivity index (χ3v) is 1.33. The Morgan fingerprint density at radius 2 is 2.33 bits per heavy atom. The number of nitrogens with zero attached hydrogens (tertiary/aromatic N) is 2. The number of aromatic nitrogens is 1. The van der Waals surface area contributed by atoms with Gasteiger partial charge in [-0.1, -0.05) is 0 Å². The number of halogens is 2. The fraction of sp³-hybridized carbons (Fsp3) is 0.143. The van der Waals surface area contributed by atoms with Crippen LogP contribution >= 0.6 is 0 Å². The van der Waals surface area contributed by atoms with E-state index in [0.29, 0.717) is 10.9 Å². The number of nitriles is 1. The van der Waals surface area contributed by atoms with E-state index in [1.54, 1.807) is 6.07 Å². The van der Waals surface area contributed by atoms with Crippen LogP contribution in [0.4, 0.5) is 8.78 Å². The van der Waals surface area contributed by atoms with Crippen LogP contribution in [0.1, 0.15) is 22.6 Å². The van der Waals surface area contributed by atoms with Crippen molar-refractivity contribution in [3.8, 4) is 6.07 Å². The maximum atomic E-state index is 12.1. The number of alkyl halides is 2. The lowest BCUT2D eigenvalue weighted by Crippen LogP contribution is -1.98. The number of hydrogen-bond donors (Lipinski definition) is 0. The number of carbonyl (C=O) groups is 1. The Morgan fingerprint density at radius 1 is 1.67 bits per heavy atom. The first kappa shape index (κ1) is 8.40. The van der Waals surface area contributed by atoms with Crippen LogP contribution < -0.4 is 0 Å². The summed E-state index contributed by atoms with van der Waals surface area (Å²) in [6.07, 6.45) is 1.36. The first-order valence-electron chi connectivity index (χ1n) is 3.04. The maximum Gasteiger partial charge on any atom is 0.319 e. The van der Waals surface area contributed by atoms with Gasteiger partial charge in [0.1, 0.15) is 11.8 Å². The molecular weight excluding hydrogens is 166 g/mol. The number of hydrogen-bond acceptors (Lipinski definition) is 2. The summed E-state index contributed by atoms with van der Waals surface area (Å²) in [5.41, 5.74) is -0.140. The summed E-state index contributed by atoms with van der Waals surface area (Å²) in [6, 6.07) is 2.67. The quantitative estimate of drug-likeness (QED) is 0.632. The second-order valence-corrected chi connectivity index (χ2v) is 2.07. The molecule has 1 aromatic rings. The van der Waals surface area contributed by atoms with E-state index >= 15 is 0 Å². The fourth-order valence-corrected chi connectivity index (χ4v) is 0.816. The van der Waals surface area contributed by atoms with Crippen LogP contribution in [-0.4, -0.2) is 10.9 Å². The Morgan fingerprint density at radius 3 is 2.67 bits per heavy atom. The molecule has 0 atom stereocenters. The van der Waals surface area contributed by atoms with Crippen molar-refractivity contribution in [3.63, 3.8) is 0 Å². The van der Waals surface area contributed by atoms with E-state index in [-0.39, 0.29) is 11.3 Å². The van der Waals surface area contributed by atoms with Gasteiger partial charge < -0.3 is 0 Å². The minimum atomic E-state index is -2.78. The lowest BCUT2D eigenvalue weighted by Gasteiger charge is -1.99. The van der Waals surface area contributed by atoms with Gasteiger partial charge in [0.25, 0.3) is 0 Å². The van der Waals surface area contributed by atoms with Gasteiger partial charge in [-0.25, -0.2) is 0 Å². The second-order valence-electron chi connectivity index (χ2n) is 2.07. The zero-order valence-electron chi connectivity index (χ0n) is 5.87. The molecule has 0 bridgehead atoms. The third kappa shape index (κ3) is 1.32. The Kier molecular flexibility index (Phi) is 2.19. The largest absolute Gasteiger partial charge is 0.319 e. The standard InChI is InChI=1S/C7H4F2N2O/c8-7(9)11-3-5(4-12)1-6(11)2-10/h1,3-4,7H. The molecule has 12 heavy (non-hydrogen) atoms. The van der Waals surface area contributed by atoms with Crippen molar-refractivity contribution in [2.24, 2.45) is 0 Å². The molecule has 0 unspecified atom stereocenters. The minimum Gasteiger partial charge on any atom is -0.298 e. The van der Waals surface area contributed by atoms with Crippen LogP contribution in [0, 0.1) is 11.3 Å². The third-order valence-electron chi connectivity index (χ3n) is 1.33. The van der Waals surface area contributed by atoms with Crippen molar-refractivity contribution >= 4 is 6.29 Å². The molecule has 0 amide bonds. The first-order chi connectivity index (χ1) is 5.69. The molecule has 62 valence electrons. The summed E-state index contributed by atoms with van der Waals surface area (Å²) in [7, 11) is 0. The molecule has 0 spiro atoms. The van der Waals surface area contributed by atoms with Crippen LogP contribution in [0.15, 0.2) is 12.3 Å². The van der Waals surface area contributed by atoms with Crippen LogP contribution in [-0.2, 0) is 0 Å². The Balaban J connectivity index is 3.19. The van der Waals surface area contributed by atoms with Gasteiger partial charge in [0.05, 0.1) is 0 Å².